The minimum absolute atomic E-state index is 0.705. The summed E-state index contributed by atoms with van der Waals surface area (Å²) in [5.41, 5.74) is 1.46. The molecule has 1 fully saturated rings. The van der Waals surface area contributed by atoms with Crippen LogP contribution in [0.3, 0.4) is 0 Å². The van der Waals surface area contributed by atoms with Gasteiger partial charge in [0.05, 0.1) is 7.11 Å². The molecule has 2 atom stereocenters. The van der Waals surface area contributed by atoms with Crippen molar-refractivity contribution in [3.63, 3.8) is 0 Å². The molecule has 2 heteroatoms. The van der Waals surface area contributed by atoms with Crippen LogP contribution in [0.5, 0.6) is 5.75 Å². The second-order valence-electron chi connectivity index (χ2n) is 5.69. The molecule has 0 aliphatic heterocycles. The van der Waals surface area contributed by atoms with E-state index >= 15 is 0 Å². The van der Waals surface area contributed by atoms with Gasteiger partial charge in [0.2, 0.25) is 0 Å². The van der Waals surface area contributed by atoms with Crippen molar-refractivity contribution in [2.45, 2.75) is 31.6 Å². The highest BCUT2D eigenvalue weighted by Gasteiger charge is 2.26. The van der Waals surface area contributed by atoms with Crippen LogP contribution in [0.2, 0.25) is 0 Å². The Kier molecular flexibility index (Phi) is 4.65. The van der Waals surface area contributed by atoms with Crippen molar-refractivity contribution in [3.05, 3.63) is 29.8 Å². The summed E-state index contributed by atoms with van der Waals surface area (Å²) < 4.78 is 5.35. The highest BCUT2D eigenvalue weighted by molar-refractivity contribution is 5.31. The van der Waals surface area contributed by atoms with E-state index < -0.39 is 0 Å². The molecule has 0 amide bonds. The van der Waals surface area contributed by atoms with Crippen LogP contribution >= 0.6 is 0 Å². The van der Waals surface area contributed by atoms with Crippen LogP contribution in [-0.4, -0.2) is 32.6 Å². The first-order valence-electron chi connectivity index (χ1n) is 6.99. The average molecular weight is 247 g/mol. The van der Waals surface area contributed by atoms with E-state index in [0.717, 1.165) is 11.7 Å². The van der Waals surface area contributed by atoms with E-state index in [0.29, 0.717) is 5.92 Å². The second-order valence-corrected chi connectivity index (χ2v) is 5.69. The Hall–Kier alpha value is -1.02. The van der Waals surface area contributed by atoms with Gasteiger partial charge in [-0.2, -0.15) is 0 Å². The maximum absolute atomic E-state index is 5.35. The zero-order valence-corrected chi connectivity index (χ0v) is 11.9. The van der Waals surface area contributed by atoms with Crippen LogP contribution in [0.4, 0.5) is 0 Å². The van der Waals surface area contributed by atoms with Gasteiger partial charge in [0.1, 0.15) is 5.75 Å². The molecule has 2 rings (SSSR count). The van der Waals surface area contributed by atoms with Crippen LogP contribution in [0, 0.1) is 5.92 Å². The summed E-state index contributed by atoms with van der Waals surface area (Å²) in [5, 5.41) is 0. The third kappa shape index (κ3) is 3.26. The van der Waals surface area contributed by atoms with E-state index in [2.05, 4.69) is 37.2 Å². The van der Waals surface area contributed by atoms with Crippen molar-refractivity contribution in [2.24, 2.45) is 5.92 Å². The number of rotatable bonds is 4. The van der Waals surface area contributed by atoms with Crippen molar-refractivity contribution >= 4 is 0 Å². The number of ether oxygens (including phenoxy) is 1. The number of nitrogens with zero attached hydrogens (tertiary/aromatic N) is 1. The summed E-state index contributed by atoms with van der Waals surface area (Å²) in [5.74, 6) is 2.48. The zero-order chi connectivity index (χ0) is 13.0. The molecule has 0 radical (unpaired) electrons. The molecule has 0 bridgehead atoms. The largest absolute Gasteiger partial charge is 0.497 e. The molecular weight excluding hydrogens is 222 g/mol. The van der Waals surface area contributed by atoms with Gasteiger partial charge in [0, 0.05) is 6.54 Å². The predicted molar refractivity (Wildman–Crippen MR) is 76.2 cm³/mol. The van der Waals surface area contributed by atoms with Crippen molar-refractivity contribution in [1.29, 1.82) is 0 Å². The van der Waals surface area contributed by atoms with E-state index in [4.69, 9.17) is 4.74 Å². The molecule has 0 heterocycles. The van der Waals surface area contributed by atoms with Gasteiger partial charge in [-0.25, -0.2) is 0 Å². The SMILES string of the molecule is COc1cccc(C2CCCCC2CN(C)C)c1. The van der Waals surface area contributed by atoms with Crippen LogP contribution in [0.15, 0.2) is 24.3 Å². The minimum atomic E-state index is 0.705. The van der Waals surface area contributed by atoms with Crippen molar-refractivity contribution in [1.82, 2.24) is 4.90 Å². The minimum Gasteiger partial charge on any atom is -0.497 e. The molecule has 1 aliphatic carbocycles. The average Bonchev–Trinajstić information content (AvgIpc) is 2.39. The first-order valence-corrected chi connectivity index (χ1v) is 6.99. The standard InChI is InChI=1S/C16H25NO/c1-17(2)12-14-7-4-5-10-16(14)13-8-6-9-15(11-13)18-3/h6,8-9,11,14,16H,4-5,7,10,12H2,1-3H3. The lowest BCUT2D eigenvalue weighted by molar-refractivity contribution is 0.233. The Morgan fingerprint density at radius 2 is 2.00 bits per heavy atom. The van der Waals surface area contributed by atoms with E-state index in [1.54, 1.807) is 7.11 Å². The molecule has 1 aromatic carbocycles. The Balaban J connectivity index is 2.16. The third-order valence-corrected chi connectivity index (χ3v) is 4.03. The molecular formula is C16H25NO. The molecule has 2 unspecified atom stereocenters. The Morgan fingerprint density at radius 1 is 1.22 bits per heavy atom. The summed E-state index contributed by atoms with van der Waals surface area (Å²) >= 11 is 0. The van der Waals surface area contributed by atoms with Crippen LogP contribution in [-0.2, 0) is 0 Å². The van der Waals surface area contributed by atoms with Gasteiger partial charge in [-0.15, -0.1) is 0 Å². The fourth-order valence-electron chi connectivity index (χ4n) is 3.21. The fraction of sp³-hybridized carbons (Fsp3) is 0.625. The van der Waals surface area contributed by atoms with E-state index in [9.17, 15) is 0 Å². The molecule has 18 heavy (non-hydrogen) atoms. The van der Waals surface area contributed by atoms with E-state index in [1.165, 1.54) is 37.8 Å². The normalized spacial score (nSPS) is 24.2. The Morgan fingerprint density at radius 3 is 2.72 bits per heavy atom. The Bertz CT molecular complexity index is 375. The van der Waals surface area contributed by atoms with Gasteiger partial charge in [-0.3, -0.25) is 0 Å². The van der Waals surface area contributed by atoms with E-state index in [1.807, 2.05) is 6.07 Å². The quantitative estimate of drug-likeness (QED) is 0.807. The van der Waals surface area contributed by atoms with Crippen LogP contribution < -0.4 is 4.74 Å². The summed E-state index contributed by atoms with van der Waals surface area (Å²) in [7, 11) is 6.10. The van der Waals surface area contributed by atoms with Crippen molar-refractivity contribution in [2.75, 3.05) is 27.7 Å². The molecule has 0 N–H and O–H groups in total. The molecule has 1 aromatic rings. The molecule has 1 aliphatic rings. The number of benzene rings is 1. The van der Waals surface area contributed by atoms with E-state index in [-0.39, 0.29) is 0 Å². The Labute approximate surface area is 111 Å². The maximum Gasteiger partial charge on any atom is 0.119 e. The van der Waals surface area contributed by atoms with Gasteiger partial charge < -0.3 is 9.64 Å². The lowest BCUT2D eigenvalue weighted by atomic mass is 9.75. The van der Waals surface area contributed by atoms with Crippen molar-refractivity contribution in [3.8, 4) is 5.75 Å². The topological polar surface area (TPSA) is 12.5 Å². The van der Waals surface area contributed by atoms with Gasteiger partial charge >= 0.3 is 0 Å². The molecule has 1 saturated carbocycles. The molecule has 0 saturated heterocycles. The second kappa shape index (κ2) is 6.24. The first kappa shape index (κ1) is 13.4. The highest BCUT2D eigenvalue weighted by Crippen LogP contribution is 2.38. The molecule has 0 spiro atoms. The number of methoxy groups -OCH3 is 1. The van der Waals surface area contributed by atoms with Gasteiger partial charge in [-0.05, 0) is 56.5 Å². The monoisotopic (exact) mass is 247 g/mol. The molecule has 0 aromatic heterocycles. The smallest absolute Gasteiger partial charge is 0.119 e. The predicted octanol–water partition coefficient (Wildman–Crippen LogP) is 3.53. The van der Waals surface area contributed by atoms with Gasteiger partial charge in [0.25, 0.3) is 0 Å². The van der Waals surface area contributed by atoms with Crippen LogP contribution in [0.25, 0.3) is 0 Å². The summed E-state index contributed by atoms with van der Waals surface area (Å²) in [4.78, 5) is 2.32. The highest BCUT2D eigenvalue weighted by atomic mass is 16.5. The zero-order valence-electron chi connectivity index (χ0n) is 11.9. The van der Waals surface area contributed by atoms with Gasteiger partial charge in [-0.1, -0.05) is 25.0 Å². The third-order valence-electron chi connectivity index (χ3n) is 4.03. The van der Waals surface area contributed by atoms with Crippen molar-refractivity contribution < 1.29 is 4.74 Å². The molecule has 2 nitrogen and oxygen atoms in total. The number of hydrogen-bond donors (Lipinski definition) is 0. The lowest BCUT2D eigenvalue weighted by Gasteiger charge is -2.34. The summed E-state index contributed by atoms with van der Waals surface area (Å²) in [6.45, 7) is 1.20. The van der Waals surface area contributed by atoms with Gasteiger partial charge in [0.15, 0.2) is 0 Å². The first-order chi connectivity index (χ1) is 8.70. The molecule has 100 valence electrons. The maximum atomic E-state index is 5.35. The number of hydrogen-bond acceptors (Lipinski definition) is 2. The fourth-order valence-corrected chi connectivity index (χ4v) is 3.21. The summed E-state index contributed by atoms with van der Waals surface area (Å²) in [6, 6.07) is 8.64. The summed E-state index contributed by atoms with van der Waals surface area (Å²) in [6.07, 6.45) is 5.44. The lowest BCUT2D eigenvalue weighted by Crippen LogP contribution is -2.28. The van der Waals surface area contributed by atoms with Crippen LogP contribution in [0.1, 0.15) is 37.2 Å².